The number of imide groups is 2. The minimum Gasteiger partial charge on any atom is -0.449 e. The van der Waals surface area contributed by atoms with Gasteiger partial charge in [0.1, 0.15) is 0 Å². The molecule has 2 aliphatic rings. The fourth-order valence-corrected chi connectivity index (χ4v) is 3.40. The average Bonchev–Trinajstić information content (AvgIpc) is 3.31. The van der Waals surface area contributed by atoms with Crippen LogP contribution in [0, 0.1) is 0 Å². The van der Waals surface area contributed by atoms with E-state index in [1.807, 2.05) is 0 Å². The molecule has 0 unspecified atom stereocenters. The van der Waals surface area contributed by atoms with Gasteiger partial charge in [-0.25, -0.2) is 9.59 Å². The molecule has 3 rings (SSSR count). The van der Waals surface area contributed by atoms with Crippen LogP contribution >= 0.6 is 0 Å². The summed E-state index contributed by atoms with van der Waals surface area (Å²) in [4.78, 5) is 60.7. The Bertz CT molecular complexity index is 813. The number of carbonyl (C=O) groups excluding carboxylic acids is 5. The minimum atomic E-state index is -1.17. The third-order valence-electron chi connectivity index (χ3n) is 4.99. The monoisotopic (exact) mass is 401 g/mol. The topological polar surface area (TPSA) is 122 Å². The standard InChI is InChI=1S/C20H23N3O6/c1-12(18(26)22-20(28)21-14-4-2-3-5-14)29-19(27)13-6-8-15(9-7-13)23-16(24)10-11-17(23)25/h6-9,12,14H,2-5,10-11H2,1H3,(H2,21,22,26,28)/t12-/m1/s1. The lowest BCUT2D eigenvalue weighted by molar-refractivity contribution is -0.128. The van der Waals surface area contributed by atoms with Gasteiger partial charge in [0.2, 0.25) is 11.8 Å². The van der Waals surface area contributed by atoms with Crippen LogP contribution in [0.4, 0.5) is 10.5 Å². The van der Waals surface area contributed by atoms with Crippen LogP contribution in [0.15, 0.2) is 24.3 Å². The zero-order valence-electron chi connectivity index (χ0n) is 16.1. The van der Waals surface area contributed by atoms with Crippen LogP contribution in [0.3, 0.4) is 0 Å². The maximum Gasteiger partial charge on any atom is 0.338 e. The van der Waals surface area contributed by atoms with Gasteiger partial charge in [0.05, 0.1) is 11.3 Å². The van der Waals surface area contributed by atoms with Crippen molar-refractivity contribution in [3.8, 4) is 0 Å². The number of hydrogen-bond donors (Lipinski definition) is 2. The molecule has 2 N–H and O–H groups in total. The van der Waals surface area contributed by atoms with Gasteiger partial charge >= 0.3 is 12.0 Å². The molecule has 9 nitrogen and oxygen atoms in total. The number of carbonyl (C=O) groups is 5. The third kappa shape index (κ3) is 4.98. The zero-order chi connectivity index (χ0) is 21.0. The summed E-state index contributed by atoms with van der Waals surface area (Å²) in [5, 5.41) is 4.89. The normalized spacial score (nSPS) is 17.9. The van der Waals surface area contributed by atoms with Crippen LogP contribution in [-0.4, -0.2) is 41.9 Å². The van der Waals surface area contributed by atoms with Gasteiger partial charge in [-0.1, -0.05) is 12.8 Å². The Morgan fingerprint density at radius 1 is 1.03 bits per heavy atom. The first-order chi connectivity index (χ1) is 13.8. The van der Waals surface area contributed by atoms with Crippen molar-refractivity contribution in [2.45, 2.75) is 57.6 Å². The van der Waals surface area contributed by atoms with Gasteiger partial charge in [0.15, 0.2) is 6.10 Å². The molecule has 29 heavy (non-hydrogen) atoms. The lowest BCUT2D eigenvalue weighted by atomic mass is 10.2. The van der Waals surface area contributed by atoms with Crippen molar-refractivity contribution in [2.75, 3.05) is 4.90 Å². The SMILES string of the molecule is C[C@@H](OC(=O)c1ccc(N2C(=O)CCC2=O)cc1)C(=O)NC(=O)NC1CCCC1. The summed E-state index contributed by atoms with van der Waals surface area (Å²) in [6.45, 7) is 1.37. The molecule has 5 amide bonds. The number of rotatable bonds is 5. The smallest absolute Gasteiger partial charge is 0.338 e. The van der Waals surface area contributed by atoms with Gasteiger partial charge in [0, 0.05) is 18.9 Å². The number of hydrogen-bond acceptors (Lipinski definition) is 6. The maximum atomic E-state index is 12.2. The van der Waals surface area contributed by atoms with Crippen LogP contribution in [0.25, 0.3) is 0 Å². The van der Waals surface area contributed by atoms with E-state index in [9.17, 15) is 24.0 Å². The molecule has 0 bridgehead atoms. The van der Waals surface area contributed by atoms with Crippen molar-refractivity contribution >= 4 is 35.4 Å². The zero-order valence-corrected chi connectivity index (χ0v) is 16.1. The number of urea groups is 1. The Hall–Kier alpha value is -3.23. The molecule has 1 atom stereocenters. The number of amides is 5. The van der Waals surface area contributed by atoms with Gasteiger partial charge in [0.25, 0.3) is 5.91 Å². The van der Waals surface area contributed by atoms with Crippen LogP contribution in [0.2, 0.25) is 0 Å². The highest BCUT2D eigenvalue weighted by molar-refractivity contribution is 6.19. The average molecular weight is 401 g/mol. The fraction of sp³-hybridized carbons (Fsp3) is 0.450. The molecule has 154 valence electrons. The molecule has 0 aromatic heterocycles. The molecule has 1 aromatic carbocycles. The fourth-order valence-electron chi connectivity index (χ4n) is 3.40. The Morgan fingerprint density at radius 2 is 1.62 bits per heavy atom. The van der Waals surface area contributed by atoms with Gasteiger partial charge in [-0.15, -0.1) is 0 Å². The van der Waals surface area contributed by atoms with E-state index in [1.165, 1.54) is 31.2 Å². The molecule has 1 heterocycles. The lowest BCUT2D eigenvalue weighted by Crippen LogP contribution is -2.47. The van der Waals surface area contributed by atoms with E-state index < -0.39 is 24.0 Å². The number of esters is 1. The molecule has 1 aromatic rings. The summed E-state index contributed by atoms with van der Waals surface area (Å²) in [5.41, 5.74) is 0.534. The first-order valence-corrected chi connectivity index (χ1v) is 9.63. The second-order valence-corrected chi connectivity index (χ2v) is 7.16. The van der Waals surface area contributed by atoms with Gasteiger partial charge in [-0.3, -0.25) is 24.6 Å². The summed E-state index contributed by atoms with van der Waals surface area (Å²) in [6, 6.07) is 5.22. The number of nitrogens with zero attached hydrogens (tertiary/aromatic N) is 1. The first-order valence-electron chi connectivity index (χ1n) is 9.63. The lowest BCUT2D eigenvalue weighted by Gasteiger charge is -2.16. The molecular formula is C20H23N3O6. The summed E-state index contributed by atoms with van der Waals surface area (Å²) >= 11 is 0. The van der Waals surface area contributed by atoms with E-state index in [0.29, 0.717) is 5.69 Å². The quantitative estimate of drug-likeness (QED) is 0.572. The van der Waals surface area contributed by atoms with Crippen molar-refractivity contribution in [2.24, 2.45) is 0 Å². The number of ether oxygens (including phenoxy) is 1. The molecule has 0 radical (unpaired) electrons. The van der Waals surface area contributed by atoms with E-state index in [4.69, 9.17) is 4.74 Å². The van der Waals surface area contributed by atoms with E-state index in [1.54, 1.807) is 0 Å². The van der Waals surface area contributed by atoms with E-state index in [-0.39, 0.29) is 36.3 Å². The summed E-state index contributed by atoms with van der Waals surface area (Å²) in [5.74, 6) is -2.05. The molecule has 1 aliphatic carbocycles. The van der Waals surface area contributed by atoms with Crippen LogP contribution < -0.4 is 15.5 Å². The molecule has 1 saturated heterocycles. The molecular weight excluding hydrogens is 378 g/mol. The predicted octanol–water partition coefficient (Wildman–Crippen LogP) is 1.65. The maximum absolute atomic E-state index is 12.2. The number of anilines is 1. The van der Waals surface area contributed by atoms with Crippen molar-refractivity contribution < 1.29 is 28.7 Å². The Labute approximate surface area is 167 Å². The van der Waals surface area contributed by atoms with Gasteiger partial charge in [-0.2, -0.15) is 0 Å². The Balaban J connectivity index is 1.52. The highest BCUT2D eigenvalue weighted by Gasteiger charge is 2.30. The van der Waals surface area contributed by atoms with Gasteiger partial charge in [-0.05, 0) is 44.0 Å². The van der Waals surface area contributed by atoms with Crippen molar-refractivity contribution in [1.82, 2.24) is 10.6 Å². The van der Waals surface area contributed by atoms with E-state index in [2.05, 4.69) is 10.6 Å². The largest absolute Gasteiger partial charge is 0.449 e. The molecule has 1 aliphatic heterocycles. The Kier molecular flexibility index (Phi) is 6.26. The minimum absolute atomic E-state index is 0.0635. The van der Waals surface area contributed by atoms with E-state index in [0.717, 1.165) is 30.6 Å². The molecule has 0 spiro atoms. The second kappa shape index (κ2) is 8.85. The van der Waals surface area contributed by atoms with Crippen molar-refractivity contribution in [3.05, 3.63) is 29.8 Å². The van der Waals surface area contributed by atoms with Crippen LogP contribution in [-0.2, 0) is 19.1 Å². The third-order valence-corrected chi connectivity index (χ3v) is 4.99. The number of benzene rings is 1. The summed E-state index contributed by atoms with van der Waals surface area (Å²) < 4.78 is 5.10. The summed E-state index contributed by atoms with van der Waals surface area (Å²) in [6.07, 6.45) is 3.04. The van der Waals surface area contributed by atoms with Crippen molar-refractivity contribution in [3.63, 3.8) is 0 Å². The van der Waals surface area contributed by atoms with Crippen LogP contribution in [0.5, 0.6) is 0 Å². The molecule has 1 saturated carbocycles. The van der Waals surface area contributed by atoms with Gasteiger partial charge < -0.3 is 10.1 Å². The van der Waals surface area contributed by atoms with E-state index >= 15 is 0 Å². The molecule has 9 heteroatoms. The Morgan fingerprint density at radius 3 is 2.21 bits per heavy atom. The highest BCUT2D eigenvalue weighted by Crippen LogP contribution is 2.23. The first kappa shape index (κ1) is 20.5. The molecule has 2 fully saturated rings. The number of nitrogens with one attached hydrogen (secondary N) is 2. The second-order valence-electron chi connectivity index (χ2n) is 7.16. The van der Waals surface area contributed by atoms with Crippen molar-refractivity contribution in [1.29, 1.82) is 0 Å². The highest BCUT2D eigenvalue weighted by atomic mass is 16.5. The summed E-state index contributed by atoms with van der Waals surface area (Å²) in [7, 11) is 0. The predicted molar refractivity (Wildman–Crippen MR) is 102 cm³/mol. The van der Waals surface area contributed by atoms with Crippen LogP contribution in [0.1, 0.15) is 55.8 Å².